The van der Waals surface area contributed by atoms with Crippen molar-refractivity contribution in [2.24, 2.45) is 10.7 Å². The van der Waals surface area contributed by atoms with Gasteiger partial charge in [-0.2, -0.15) is 0 Å². The number of nitrogens with zero attached hydrogens (tertiary/aromatic N) is 2. The van der Waals surface area contributed by atoms with Gasteiger partial charge in [-0.15, -0.1) is 0 Å². The molecule has 1 saturated heterocycles. The lowest BCUT2D eigenvalue weighted by Gasteiger charge is -2.30. The van der Waals surface area contributed by atoms with E-state index in [4.69, 9.17) is 5.73 Å². The predicted octanol–water partition coefficient (Wildman–Crippen LogP) is -0.633. The fraction of sp³-hybridized carbons (Fsp3) is 0.875. The number of aliphatic imine (C=N–C) groups is 1. The number of hydrogen-bond donors (Lipinski definition) is 2. The van der Waals surface area contributed by atoms with Gasteiger partial charge < -0.3 is 16.0 Å². The van der Waals surface area contributed by atoms with Crippen LogP contribution in [-0.2, 0) is 0 Å². The van der Waals surface area contributed by atoms with Gasteiger partial charge in [-0.3, -0.25) is 4.99 Å². The first-order valence-corrected chi connectivity index (χ1v) is 4.59. The summed E-state index contributed by atoms with van der Waals surface area (Å²) in [5.41, 5.74) is 5.68. The number of fused-ring (bicyclic) bond motifs is 1. The first kappa shape index (κ1) is 7.86. The van der Waals surface area contributed by atoms with Crippen molar-refractivity contribution in [1.29, 1.82) is 0 Å². The summed E-state index contributed by atoms with van der Waals surface area (Å²) in [4.78, 5) is 6.72. The summed E-state index contributed by atoms with van der Waals surface area (Å²) in [7, 11) is 0. The second-order valence-corrected chi connectivity index (χ2v) is 3.58. The minimum atomic E-state index is 0.509. The van der Waals surface area contributed by atoms with Crippen LogP contribution in [0.25, 0.3) is 0 Å². The predicted molar refractivity (Wildman–Crippen MR) is 49.1 cm³/mol. The van der Waals surface area contributed by atoms with Crippen LogP contribution in [0.2, 0.25) is 0 Å². The molecule has 2 rings (SSSR count). The Morgan fingerprint density at radius 1 is 1.75 bits per heavy atom. The summed E-state index contributed by atoms with van der Waals surface area (Å²) in [6.07, 6.45) is 1.11. The highest BCUT2D eigenvalue weighted by molar-refractivity contribution is 5.83. The molecule has 0 aromatic rings. The molecule has 0 aromatic carbocycles. The van der Waals surface area contributed by atoms with Crippen LogP contribution in [-0.4, -0.2) is 42.6 Å². The molecular weight excluding hydrogens is 152 g/mol. The fourth-order valence-corrected chi connectivity index (χ4v) is 1.91. The van der Waals surface area contributed by atoms with Crippen LogP contribution in [0, 0.1) is 0 Å². The number of guanidine groups is 1. The molecule has 68 valence electrons. The van der Waals surface area contributed by atoms with Crippen molar-refractivity contribution in [3.8, 4) is 0 Å². The summed E-state index contributed by atoms with van der Waals surface area (Å²) < 4.78 is 0. The van der Waals surface area contributed by atoms with E-state index in [0.717, 1.165) is 32.0 Å². The molecule has 0 aromatic heterocycles. The second kappa shape index (κ2) is 2.94. The van der Waals surface area contributed by atoms with Gasteiger partial charge >= 0.3 is 0 Å². The lowest BCUT2D eigenvalue weighted by Crippen LogP contribution is -2.46. The molecule has 2 aliphatic heterocycles. The minimum Gasteiger partial charge on any atom is -0.352 e. The molecule has 0 radical (unpaired) electrons. The summed E-state index contributed by atoms with van der Waals surface area (Å²) in [5, 5.41) is 3.34. The van der Waals surface area contributed by atoms with Gasteiger partial charge in [0.05, 0.1) is 0 Å². The lowest BCUT2D eigenvalue weighted by molar-refractivity contribution is 0.305. The molecule has 4 heteroatoms. The maximum Gasteiger partial charge on any atom is 0.194 e. The van der Waals surface area contributed by atoms with Gasteiger partial charge in [-0.1, -0.05) is 0 Å². The molecule has 0 saturated carbocycles. The van der Waals surface area contributed by atoms with Gasteiger partial charge in [0, 0.05) is 31.7 Å². The van der Waals surface area contributed by atoms with E-state index in [1.807, 2.05) is 0 Å². The summed E-state index contributed by atoms with van der Waals surface area (Å²) in [6, 6.07) is 1.03. The van der Waals surface area contributed by atoms with E-state index in [0.29, 0.717) is 12.1 Å². The zero-order valence-electron chi connectivity index (χ0n) is 7.45. The van der Waals surface area contributed by atoms with Crippen molar-refractivity contribution in [2.75, 3.05) is 19.6 Å². The Bertz CT molecular complexity index is 201. The zero-order valence-corrected chi connectivity index (χ0v) is 7.45. The molecule has 2 aliphatic rings. The molecule has 2 unspecified atom stereocenters. The molecule has 12 heavy (non-hydrogen) atoms. The average molecular weight is 168 g/mol. The first-order chi connectivity index (χ1) is 5.81. The van der Waals surface area contributed by atoms with E-state index < -0.39 is 0 Å². The zero-order chi connectivity index (χ0) is 8.55. The van der Waals surface area contributed by atoms with Gasteiger partial charge in [0.2, 0.25) is 0 Å². The van der Waals surface area contributed by atoms with Crippen molar-refractivity contribution in [3.63, 3.8) is 0 Å². The molecule has 0 aliphatic carbocycles. The molecule has 0 amide bonds. The van der Waals surface area contributed by atoms with Crippen molar-refractivity contribution >= 4 is 5.96 Å². The van der Waals surface area contributed by atoms with E-state index >= 15 is 0 Å². The van der Waals surface area contributed by atoms with Gasteiger partial charge in [0.15, 0.2) is 5.96 Å². The quantitative estimate of drug-likeness (QED) is 0.548. The number of nitrogens with two attached hydrogens (primary N) is 1. The topological polar surface area (TPSA) is 53.6 Å². The van der Waals surface area contributed by atoms with Crippen molar-refractivity contribution in [2.45, 2.75) is 25.4 Å². The van der Waals surface area contributed by atoms with Gasteiger partial charge in [0.25, 0.3) is 0 Å². The largest absolute Gasteiger partial charge is 0.352 e. The second-order valence-electron chi connectivity index (χ2n) is 3.58. The molecule has 2 heterocycles. The highest BCUT2D eigenvalue weighted by Crippen LogP contribution is 2.15. The number of nitrogens with one attached hydrogen (secondary N) is 1. The molecule has 0 bridgehead atoms. The Hall–Kier alpha value is -0.770. The average Bonchev–Trinajstić information content (AvgIpc) is 2.44. The highest BCUT2D eigenvalue weighted by Gasteiger charge is 2.31. The maximum absolute atomic E-state index is 5.68. The summed E-state index contributed by atoms with van der Waals surface area (Å²) >= 11 is 0. The van der Waals surface area contributed by atoms with Crippen LogP contribution in [0.5, 0.6) is 0 Å². The molecule has 0 spiro atoms. The molecule has 1 fully saturated rings. The van der Waals surface area contributed by atoms with E-state index in [1.54, 1.807) is 0 Å². The third-order valence-electron chi connectivity index (χ3n) is 2.55. The molecular formula is C8H16N4. The van der Waals surface area contributed by atoms with E-state index in [-0.39, 0.29) is 0 Å². The van der Waals surface area contributed by atoms with E-state index in [1.165, 1.54) is 0 Å². The third-order valence-corrected chi connectivity index (χ3v) is 2.55. The van der Waals surface area contributed by atoms with Crippen molar-refractivity contribution in [1.82, 2.24) is 10.2 Å². The van der Waals surface area contributed by atoms with Crippen LogP contribution in [0.4, 0.5) is 0 Å². The monoisotopic (exact) mass is 168 g/mol. The Morgan fingerprint density at radius 2 is 2.58 bits per heavy atom. The van der Waals surface area contributed by atoms with Gasteiger partial charge in [-0.25, -0.2) is 0 Å². The minimum absolute atomic E-state index is 0.509. The smallest absolute Gasteiger partial charge is 0.194 e. The van der Waals surface area contributed by atoms with Crippen LogP contribution in [0.15, 0.2) is 4.99 Å². The Labute approximate surface area is 72.8 Å². The molecule has 2 atom stereocenters. The van der Waals surface area contributed by atoms with E-state index in [9.17, 15) is 0 Å². The highest BCUT2D eigenvalue weighted by atomic mass is 15.4. The number of hydrogen-bond acceptors (Lipinski definition) is 4. The van der Waals surface area contributed by atoms with Crippen molar-refractivity contribution in [3.05, 3.63) is 0 Å². The Kier molecular flexibility index (Phi) is 1.92. The standard InChI is InChI=1S/C8H16N4/c1-6-5-12-7(4-9)2-3-10-8(12)11-6/h6-7H,2-5,9H2,1H3,(H,10,11). The van der Waals surface area contributed by atoms with Crippen molar-refractivity contribution < 1.29 is 0 Å². The SMILES string of the molecule is CC1CN2C(=NCCC2CN)N1. The van der Waals surface area contributed by atoms with Gasteiger partial charge in [0.1, 0.15) is 0 Å². The number of rotatable bonds is 1. The molecule has 4 nitrogen and oxygen atoms in total. The molecule has 3 N–H and O–H groups in total. The van der Waals surface area contributed by atoms with E-state index in [2.05, 4.69) is 22.1 Å². The lowest BCUT2D eigenvalue weighted by atomic mass is 10.1. The van der Waals surface area contributed by atoms with Crippen LogP contribution in [0.3, 0.4) is 0 Å². The third kappa shape index (κ3) is 1.16. The fourth-order valence-electron chi connectivity index (χ4n) is 1.91. The maximum atomic E-state index is 5.68. The summed E-state index contributed by atoms with van der Waals surface area (Å²) in [6.45, 7) is 4.90. The van der Waals surface area contributed by atoms with Crippen LogP contribution >= 0.6 is 0 Å². The van der Waals surface area contributed by atoms with Crippen LogP contribution < -0.4 is 11.1 Å². The summed E-state index contributed by atoms with van der Waals surface area (Å²) in [5.74, 6) is 1.06. The van der Waals surface area contributed by atoms with Crippen LogP contribution in [0.1, 0.15) is 13.3 Å². The normalized spacial score (nSPS) is 34.2. The first-order valence-electron chi connectivity index (χ1n) is 4.59. The Balaban J connectivity index is 2.13. The van der Waals surface area contributed by atoms with Gasteiger partial charge in [-0.05, 0) is 13.3 Å². The Morgan fingerprint density at radius 3 is 3.33 bits per heavy atom.